The lowest BCUT2D eigenvalue weighted by molar-refractivity contribution is 0.423. The van der Waals surface area contributed by atoms with E-state index in [9.17, 15) is 8.42 Å². The maximum atomic E-state index is 12.1. The van der Waals surface area contributed by atoms with Crippen LogP contribution >= 0.6 is 0 Å². The third-order valence-electron chi connectivity index (χ3n) is 2.67. The van der Waals surface area contributed by atoms with E-state index in [0.29, 0.717) is 5.69 Å². The number of aromatic nitrogens is 1. The number of aryl methyl sites for hydroxylation is 1. The van der Waals surface area contributed by atoms with Gasteiger partial charge in [0.1, 0.15) is 6.26 Å². The number of sulfonamides is 1. The van der Waals surface area contributed by atoms with E-state index in [4.69, 9.17) is 5.73 Å². The first-order chi connectivity index (χ1) is 8.40. The molecule has 1 aromatic heterocycles. The number of rotatable bonds is 3. The highest BCUT2D eigenvalue weighted by atomic mass is 32.2. The van der Waals surface area contributed by atoms with Crippen LogP contribution in [0, 0.1) is 13.8 Å². The van der Waals surface area contributed by atoms with Crippen LogP contribution in [0.25, 0.3) is 0 Å². The van der Waals surface area contributed by atoms with E-state index in [1.54, 1.807) is 13.0 Å². The summed E-state index contributed by atoms with van der Waals surface area (Å²) in [6.45, 7) is 3.65. The zero-order valence-electron chi connectivity index (χ0n) is 9.97. The fourth-order valence-corrected chi connectivity index (χ4v) is 2.58. The third kappa shape index (κ3) is 2.30. The number of nitrogens with zero attached hydrogens (tertiary/aromatic N) is 1. The minimum absolute atomic E-state index is 0.103. The number of hydrogen-bond acceptors (Lipinski definition) is 5. The molecule has 0 aliphatic heterocycles. The maximum Gasteiger partial charge on any atom is 0.263 e. The fraction of sp³-hybridized carbons (Fsp3) is 0.182. The lowest BCUT2D eigenvalue weighted by Gasteiger charge is -2.09. The summed E-state index contributed by atoms with van der Waals surface area (Å²) in [6.07, 6.45) is 1.28. The lowest BCUT2D eigenvalue weighted by atomic mass is 10.1. The summed E-state index contributed by atoms with van der Waals surface area (Å²) in [7, 11) is -3.70. The van der Waals surface area contributed by atoms with Crippen LogP contribution in [-0.2, 0) is 10.0 Å². The minimum Gasteiger partial charge on any atom is -0.398 e. The van der Waals surface area contributed by atoms with Gasteiger partial charge < -0.3 is 10.3 Å². The van der Waals surface area contributed by atoms with Crippen LogP contribution in [0.15, 0.2) is 33.9 Å². The first-order valence-corrected chi connectivity index (χ1v) is 6.68. The first-order valence-electron chi connectivity index (χ1n) is 5.20. The monoisotopic (exact) mass is 267 g/mol. The summed E-state index contributed by atoms with van der Waals surface area (Å²) in [5.74, 6) is 0.131. The van der Waals surface area contributed by atoms with Crippen molar-refractivity contribution in [2.45, 2.75) is 18.7 Å². The topological polar surface area (TPSA) is 98.2 Å². The second kappa shape index (κ2) is 4.34. The Morgan fingerprint density at radius 1 is 1.33 bits per heavy atom. The smallest absolute Gasteiger partial charge is 0.263 e. The Morgan fingerprint density at radius 3 is 2.61 bits per heavy atom. The molecule has 0 saturated carbocycles. The van der Waals surface area contributed by atoms with E-state index in [-0.39, 0.29) is 10.7 Å². The predicted molar refractivity (Wildman–Crippen MR) is 67.6 cm³/mol. The van der Waals surface area contributed by atoms with E-state index in [2.05, 4.69) is 14.4 Å². The third-order valence-corrected chi connectivity index (χ3v) is 4.00. The van der Waals surface area contributed by atoms with Gasteiger partial charge in [-0.2, -0.15) is 0 Å². The van der Waals surface area contributed by atoms with Gasteiger partial charge in [-0.25, -0.2) is 8.42 Å². The van der Waals surface area contributed by atoms with Crippen molar-refractivity contribution in [2.24, 2.45) is 0 Å². The summed E-state index contributed by atoms with van der Waals surface area (Å²) in [6, 6.07) is 4.40. The normalized spacial score (nSPS) is 11.4. The van der Waals surface area contributed by atoms with Crippen LogP contribution in [0.2, 0.25) is 0 Å². The molecule has 0 amide bonds. The Hall–Kier alpha value is -2.02. The van der Waals surface area contributed by atoms with Crippen molar-refractivity contribution in [2.75, 3.05) is 10.5 Å². The highest BCUT2D eigenvalue weighted by molar-refractivity contribution is 7.92. The molecule has 1 heterocycles. The van der Waals surface area contributed by atoms with Gasteiger partial charge in [0, 0.05) is 11.8 Å². The van der Waals surface area contributed by atoms with E-state index in [1.807, 2.05) is 6.92 Å². The molecule has 0 atom stereocenters. The number of nitrogen functional groups attached to an aromatic ring is 1. The minimum atomic E-state index is -3.70. The van der Waals surface area contributed by atoms with Gasteiger partial charge in [0.15, 0.2) is 5.82 Å². The summed E-state index contributed by atoms with van der Waals surface area (Å²) in [4.78, 5) is 0.103. The zero-order chi connectivity index (χ0) is 13.3. The molecule has 0 unspecified atom stereocenters. The molecule has 0 bridgehead atoms. The standard InChI is InChI=1S/C11H13N3O3S/c1-7-5-9(6-10(12)8(7)2)18(15,16)14-11-3-4-17-13-11/h3-6H,12H2,1-2H3,(H,13,14). The fourth-order valence-electron chi connectivity index (χ4n) is 1.47. The second-order valence-electron chi connectivity index (χ2n) is 3.94. The summed E-state index contributed by atoms with van der Waals surface area (Å²) in [5.41, 5.74) is 7.89. The Labute approximate surface area is 105 Å². The van der Waals surface area contributed by atoms with Gasteiger partial charge in [0.05, 0.1) is 4.90 Å². The van der Waals surface area contributed by atoms with Crippen LogP contribution in [0.4, 0.5) is 11.5 Å². The Kier molecular flexibility index (Phi) is 3.00. The zero-order valence-corrected chi connectivity index (χ0v) is 10.8. The van der Waals surface area contributed by atoms with Crippen molar-refractivity contribution in [1.29, 1.82) is 0 Å². The summed E-state index contributed by atoms with van der Waals surface area (Å²) < 4.78 is 31.0. The highest BCUT2D eigenvalue weighted by Gasteiger charge is 2.17. The van der Waals surface area contributed by atoms with E-state index in [1.165, 1.54) is 18.4 Å². The second-order valence-corrected chi connectivity index (χ2v) is 5.63. The highest BCUT2D eigenvalue weighted by Crippen LogP contribution is 2.22. The molecule has 0 aliphatic rings. The molecule has 0 fully saturated rings. The van der Waals surface area contributed by atoms with Crippen molar-refractivity contribution in [3.63, 3.8) is 0 Å². The molecule has 2 aromatic rings. The Bertz CT molecular complexity index is 640. The molecule has 3 N–H and O–H groups in total. The molecule has 0 radical (unpaired) electrons. The molecule has 7 heteroatoms. The van der Waals surface area contributed by atoms with Crippen LogP contribution in [-0.4, -0.2) is 13.6 Å². The number of nitrogens with two attached hydrogens (primary N) is 1. The van der Waals surface area contributed by atoms with Crippen molar-refractivity contribution in [1.82, 2.24) is 5.16 Å². The van der Waals surface area contributed by atoms with Crippen molar-refractivity contribution in [3.05, 3.63) is 35.6 Å². The Morgan fingerprint density at radius 2 is 2.06 bits per heavy atom. The Balaban J connectivity index is 2.42. The average molecular weight is 267 g/mol. The van der Waals surface area contributed by atoms with Crippen LogP contribution < -0.4 is 10.5 Å². The molecule has 0 spiro atoms. The van der Waals surface area contributed by atoms with Crippen molar-refractivity contribution < 1.29 is 12.9 Å². The number of anilines is 2. The van der Waals surface area contributed by atoms with Gasteiger partial charge in [-0.1, -0.05) is 5.16 Å². The van der Waals surface area contributed by atoms with Crippen LogP contribution in [0.3, 0.4) is 0 Å². The van der Waals surface area contributed by atoms with Gasteiger partial charge in [0.2, 0.25) is 0 Å². The molecule has 6 nitrogen and oxygen atoms in total. The first kappa shape index (κ1) is 12.4. The van der Waals surface area contributed by atoms with Gasteiger partial charge in [-0.15, -0.1) is 0 Å². The van der Waals surface area contributed by atoms with Crippen LogP contribution in [0.1, 0.15) is 11.1 Å². The SMILES string of the molecule is Cc1cc(S(=O)(=O)Nc2ccon2)cc(N)c1C. The largest absolute Gasteiger partial charge is 0.398 e. The maximum absolute atomic E-state index is 12.1. The predicted octanol–water partition coefficient (Wildman–Crippen LogP) is 1.67. The lowest BCUT2D eigenvalue weighted by Crippen LogP contribution is -2.14. The van der Waals surface area contributed by atoms with E-state index in [0.717, 1.165) is 11.1 Å². The molecular weight excluding hydrogens is 254 g/mol. The molecule has 96 valence electrons. The van der Waals surface area contributed by atoms with E-state index >= 15 is 0 Å². The average Bonchev–Trinajstić information content (AvgIpc) is 2.77. The van der Waals surface area contributed by atoms with Crippen molar-refractivity contribution >= 4 is 21.5 Å². The molecular formula is C11H13N3O3S. The van der Waals surface area contributed by atoms with Gasteiger partial charge >= 0.3 is 0 Å². The molecule has 2 rings (SSSR count). The van der Waals surface area contributed by atoms with Gasteiger partial charge in [-0.05, 0) is 37.1 Å². The van der Waals surface area contributed by atoms with Gasteiger partial charge in [-0.3, -0.25) is 4.72 Å². The number of hydrogen-bond donors (Lipinski definition) is 2. The molecule has 0 saturated heterocycles. The van der Waals surface area contributed by atoms with Crippen molar-refractivity contribution in [3.8, 4) is 0 Å². The molecule has 1 aromatic carbocycles. The molecule has 18 heavy (non-hydrogen) atoms. The molecule has 0 aliphatic carbocycles. The number of benzene rings is 1. The quantitative estimate of drug-likeness (QED) is 0.824. The van der Waals surface area contributed by atoms with E-state index < -0.39 is 10.0 Å². The number of nitrogens with one attached hydrogen (secondary N) is 1. The summed E-state index contributed by atoms with van der Waals surface area (Å²) >= 11 is 0. The van der Waals surface area contributed by atoms with Crippen LogP contribution in [0.5, 0.6) is 0 Å². The van der Waals surface area contributed by atoms with Gasteiger partial charge in [0.25, 0.3) is 10.0 Å². The summed E-state index contributed by atoms with van der Waals surface area (Å²) in [5, 5.41) is 3.49.